The maximum absolute atomic E-state index is 13.7. The Morgan fingerprint density at radius 3 is 2.86 bits per heavy atom. The van der Waals surface area contributed by atoms with E-state index in [9.17, 15) is 14.0 Å². The first-order valence-corrected chi connectivity index (χ1v) is 6.68. The number of hydrogen-bond acceptors (Lipinski definition) is 3. The Bertz CT molecular complexity index is 774. The van der Waals surface area contributed by atoms with E-state index < -0.39 is 11.7 Å². The number of rotatable bonds is 2. The number of anilines is 2. The minimum atomic E-state index is -0.601. The molecule has 0 spiro atoms. The van der Waals surface area contributed by atoms with Crippen LogP contribution in [0.4, 0.5) is 15.8 Å². The van der Waals surface area contributed by atoms with E-state index in [4.69, 9.17) is 4.74 Å². The van der Waals surface area contributed by atoms with Gasteiger partial charge in [0.05, 0.1) is 16.9 Å². The first-order chi connectivity index (χ1) is 10.5. The van der Waals surface area contributed by atoms with Crippen LogP contribution in [-0.2, 0) is 4.79 Å². The summed E-state index contributed by atoms with van der Waals surface area (Å²) in [4.78, 5) is 23.6. The number of ether oxygens (including phenoxy) is 1. The molecule has 0 unspecified atom stereocenters. The topological polar surface area (TPSA) is 67.4 Å². The zero-order chi connectivity index (χ0) is 15.7. The largest absolute Gasteiger partial charge is 0.479 e. The molecular formula is C16H13FN2O3. The molecule has 0 bridgehead atoms. The molecule has 2 N–H and O–H groups in total. The van der Waals surface area contributed by atoms with E-state index in [0.717, 1.165) is 5.56 Å². The number of hydrogen-bond donors (Lipinski definition) is 2. The molecule has 22 heavy (non-hydrogen) atoms. The fourth-order valence-electron chi connectivity index (χ4n) is 2.27. The molecule has 1 aliphatic rings. The van der Waals surface area contributed by atoms with E-state index in [-0.39, 0.29) is 18.1 Å². The number of aryl methyl sites for hydroxylation is 1. The van der Waals surface area contributed by atoms with Crippen molar-refractivity contribution in [1.82, 2.24) is 0 Å². The normalized spacial score (nSPS) is 12.9. The number of fused-ring (bicyclic) bond motifs is 1. The van der Waals surface area contributed by atoms with Gasteiger partial charge in [0.15, 0.2) is 12.4 Å². The maximum Gasteiger partial charge on any atom is 0.262 e. The van der Waals surface area contributed by atoms with E-state index in [1.54, 1.807) is 18.2 Å². The van der Waals surface area contributed by atoms with Crippen molar-refractivity contribution in [2.75, 3.05) is 17.2 Å². The van der Waals surface area contributed by atoms with Crippen LogP contribution in [0.5, 0.6) is 5.75 Å². The van der Waals surface area contributed by atoms with Crippen LogP contribution in [-0.4, -0.2) is 18.4 Å². The third-order valence-corrected chi connectivity index (χ3v) is 3.22. The van der Waals surface area contributed by atoms with Gasteiger partial charge in [-0.05, 0) is 36.8 Å². The Labute approximate surface area is 126 Å². The minimum absolute atomic E-state index is 0.0578. The molecule has 2 aromatic carbocycles. The lowest BCUT2D eigenvalue weighted by molar-refractivity contribution is -0.118. The molecule has 1 aliphatic heterocycles. The van der Waals surface area contributed by atoms with Gasteiger partial charge in [-0.3, -0.25) is 9.59 Å². The number of carbonyl (C=O) groups is 2. The first kappa shape index (κ1) is 14.1. The van der Waals surface area contributed by atoms with Gasteiger partial charge in [0, 0.05) is 0 Å². The predicted octanol–water partition coefficient (Wildman–Crippen LogP) is 2.72. The molecule has 0 aliphatic carbocycles. The molecule has 0 radical (unpaired) electrons. The smallest absolute Gasteiger partial charge is 0.262 e. The van der Waals surface area contributed by atoms with Gasteiger partial charge in [0.1, 0.15) is 5.82 Å². The van der Waals surface area contributed by atoms with Gasteiger partial charge < -0.3 is 15.4 Å². The number of benzene rings is 2. The Kier molecular flexibility index (Phi) is 3.50. The average Bonchev–Trinajstić information content (AvgIpc) is 2.46. The lowest BCUT2D eigenvalue weighted by Crippen LogP contribution is -2.26. The molecule has 0 saturated carbocycles. The Balaban J connectivity index is 1.94. The first-order valence-electron chi connectivity index (χ1n) is 6.68. The maximum atomic E-state index is 13.7. The molecule has 112 valence electrons. The van der Waals surface area contributed by atoms with Gasteiger partial charge in [0.25, 0.3) is 11.8 Å². The second-order valence-electron chi connectivity index (χ2n) is 4.96. The lowest BCUT2D eigenvalue weighted by atomic mass is 10.1. The third kappa shape index (κ3) is 2.63. The SMILES string of the molecule is Cc1cc2c(c(NC(=O)c3ccccc3F)c1)OCC(=O)N2. The molecule has 0 atom stereocenters. The van der Waals surface area contributed by atoms with Crippen molar-refractivity contribution >= 4 is 23.2 Å². The molecule has 0 fully saturated rings. The summed E-state index contributed by atoms with van der Waals surface area (Å²) in [6, 6.07) is 9.16. The molecule has 0 aromatic heterocycles. The van der Waals surface area contributed by atoms with Crippen LogP contribution in [0.2, 0.25) is 0 Å². The van der Waals surface area contributed by atoms with Crippen LogP contribution in [0.3, 0.4) is 0 Å². The molecule has 2 aromatic rings. The summed E-state index contributed by atoms with van der Waals surface area (Å²) >= 11 is 0. The van der Waals surface area contributed by atoms with Crippen LogP contribution >= 0.6 is 0 Å². The van der Waals surface area contributed by atoms with Crippen LogP contribution in [0.15, 0.2) is 36.4 Å². The zero-order valence-electron chi connectivity index (χ0n) is 11.8. The standard InChI is InChI=1S/C16H13FN2O3/c1-9-6-12-15(22-8-14(20)18-12)13(7-9)19-16(21)10-4-2-3-5-11(10)17/h2-7H,8H2,1H3,(H,18,20)(H,19,21). The molecule has 2 amide bonds. The van der Waals surface area contributed by atoms with Gasteiger partial charge >= 0.3 is 0 Å². The molecule has 3 rings (SSSR count). The van der Waals surface area contributed by atoms with E-state index in [2.05, 4.69) is 10.6 Å². The van der Waals surface area contributed by atoms with Crippen LogP contribution < -0.4 is 15.4 Å². The van der Waals surface area contributed by atoms with Gasteiger partial charge in [-0.25, -0.2) is 4.39 Å². The average molecular weight is 300 g/mol. The summed E-state index contributed by atoms with van der Waals surface area (Å²) in [7, 11) is 0. The van der Waals surface area contributed by atoms with E-state index in [1.807, 2.05) is 6.92 Å². The molecule has 1 heterocycles. The Morgan fingerprint density at radius 2 is 2.09 bits per heavy atom. The van der Waals surface area contributed by atoms with Crippen molar-refractivity contribution in [3.05, 3.63) is 53.3 Å². The van der Waals surface area contributed by atoms with Gasteiger partial charge in [-0.2, -0.15) is 0 Å². The van der Waals surface area contributed by atoms with Crippen molar-refractivity contribution in [2.45, 2.75) is 6.92 Å². The quantitative estimate of drug-likeness (QED) is 0.896. The van der Waals surface area contributed by atoms with Crippen LogP contribution in [0.1, 0.15) is 15.9 Å². The molecular weight excluding hydrogens is 287 g/mol. The molecule has 5 nitrogen and oxygen atoms in total. The van der Waals surface area contributed by atoms with Crippen molar-refractivity contribution in [1.29, 1.82) is 0 Å². The minimum Gasteiger partial charge on any atom is -0.479 e. The Hall–Kier alpha value is -2.89. The van der Waals surface area contributed by atoms with Crippen molar-refractivity contribution in [2.24, 2.45) is 0 Å². The van der Waals surface area contributed by atoms with Crippen LogP contribution in [0.25, 0.3) is 0 Å². The Morgan fingerprint density at radius 1 is 1.32 bits per heavy atom. The summed E-state index contributed by atoms with van der Waals surface area (Å²) < 4.78 is 19.0. The fourth-order valence-corrected chi connectivity index (χ4v) is 2.27. The monoisotopic (exact) mass is 300 g/mol. The summed E-state index contributed by atoms with van der Waals surface area (Å²) in [6.07, 6.45) is 0. The molecule has 0 saturated heterocycles. The fraction of sp³-hybridized carbons (Fsp3) is 0.125. The van der Waals surface area contributed by atoms with Crippen molar-refractivity contribution < 1.29 is 18.7 Å². The van der Waals surface area contributed by atoms with Gasteiger partial charge in [-0.15, -0.1) is 0 Å². The zero-order valence-corrected chi connectivity index (χ0v) is 11.8. The van der Waals surface area contributed by atoms with Crippen LogP contribution in [0, 0.1) is 12.7 Å². The molecule has 6 heteroatoms. The van der Waals surface area contributed by atoms with Crippen molar-refractivity contribution in [3.8, 4) is 5.75 Å². The summed E-state index contributed by atoms with van der Waals surface area (Å²) in [5, 5.41) is 5.30. The highest BCUT2D eigenvalue weighted by Crippen LogP contribution is 2.37. The summed E-state index contributed by atoms with van der Waals surface area (Å²) in [6.45, 7) is 1.69. The van der Waals surface area contributed by atoms with E-state index in [0.29, 0.717) is 17.1 Å². The lowest BCUT2D eigenvalue weighted by Gasteiger charge is -2.21. The summed E-state index contributed by atoms with van der Waals surface area (Å²) in [5.74, 6) is -1.07. The highest BCUT2D eigenvalue weighted by Gasteiger charge is 2.21. The van der Waals surface area contributed by atoms with Crippen molar-refractivity contribution in [3.63, 3.8) is 0 Å². The number of amides is 2. The number of carbonyl (C=O) groups excluding carboxylic acids is 2. The van der Waals surface area contributed by atoms with Gasteiger partial charge in [0.2, 0.25) is 0 Å². The second-order valence-corrected chi connectivity index (χ2v) is 4.96. The third-order valence-electron chi connectivity index (χ3n) is 3.22. The second kappa shape index (κ2) is 5.48. The van der Waals surface area contributed by atoms with E-state index in [1.165, 1.54) is 18.2 Å². The summed E-state index contributed by atoms with van der Waals surface area (Å²) in [5.41, 5.74) is 1.65. The number of nitrogens with one attached hydrogen (secondary N) is 2. The van der Waals surface area contributed by atoms with E-state index >= 15 is 0 Å². The highest BCUT2D eigenvalue weighted by molar-refractivity contribution is 6.07. The van der Waals surface area contributed by atoms with Gasteiger partial charge in [-0.1, -0.05) is 12.1 Å². The predicted molar refractivity (Wildman–Crippen MR) is 79.7 cm³/mol. The number of halogens is 1. The highest BCUT2D eigenvalue weighted by atomic mass is 19.1.